The quantitative estimate of drug-likeness (QED) is 0.569. The summed E-state index contributed by atoms with van der Waals surface area (Å²) in [5.41, 5.74) is 10.1. The summed E-state index contributed by atoms with van der Waals surface area (Å²) in [5, 5.41) is 0. The number of aryl methyl sites for hydroxylation is 2. The molecule has 4 nitrogen and oxygen atoms in total. The van der Waals surface area contributed by atoms with Gasteiger partial charge in [-0.2, -0.15) is 0 Å². The van der Waals surface area contributed by atoms with Crippen molar-refractivity contribution in [3.8, 4) is 0 Å². The molecular weight excluding hydrogens is 334 g/mol. The maximum Gasteiger partial charge on any atom is 0.250 e. The fourth-order valence-electron chi connectivity index (χ4n) is 3.43. The van der Waals surface area contributed by atoms with Crippen LogP contribution in [0.15, 0.2) is 78.9 Å². The van der Waals surface area contributed by atoms with Gasteiger partial charge in [0.05, 0.1) is 11.1 Å². The summed E-state index contributed by atoms with van der Waals surface area (Å²) in [5.74, 6) is 0.519. The molecule has 0 saturated carbocycles. The van der Waals surface area contributed by atoms with Crippen molar-refractivity contribution in [3.05, 3.63) is 101 Å². The van der Waals surface area contributed by atoms with Crippen molar-refractivity contribution in [1.82, 2.24) is 9.55 Å². The number of amides is 1. The highest BCUT2D eigenvalue weighted by Crippen LogP contribution is 2.22. The Hall–Kier alpha value is -3.40. The van der Waals surface area contributed by atoms with Gasteiger partial charge in [-0.3, -0.25) is 4.79 Å². The van der Waals surface area contributed by atoms with E-state index < -0.39 is 5.91 Å². The summed E-state index contributed by atoms with van der Waals surface area (Å²) in [4.78, 5) is 16.7. The lowest BCUT2D eigenvalue weighted by Gasteiger charge is -2.10. The van der Waals surface area contributed by atoms with Crippen LogP contribution in [0.3, 0.4) is 0 Å². The number of imidazole rings is 1. The molecule has 1 amide bonds. The lowest BCUT2D eigenvalue weighted by molar-refractivity contribution is 0.100. The number of benzene rings is 3. The molecule has 1 aromatic heterocycles. The Morgan fingerprint density at radius 2 is 1.48 bits per heavy atom. The second kappa shape index (κ2) is 7.46. The van der Waals surface area contributed by atoms with Crippen LogP contribution < -0.4 is 5.73 Å². The van der Waals surface area contributed by atoms with E-state index in [2.05, 4.69) is 28.8 Å². The van der Waals surface area contributed by atoms with Gasteiger partial charge in [0, 0.05) is 13.0 Å². The smallest absolute Gasteiger partial charge is 0.250 e. The molecule has 0 aliphatic heterocycles. The van der Waals surface area contributed by atoms with E-state index in [0.717, 1.165) is 24.2 Å². The van der Waals surface area contributed by atoms with Crippen LogP contribution in [0.4, 0.5) is 0 Å². The molecule has 134 valence electrons. The maximum absolute atomic E-state index is 11.8. The Morgan fingerprint density at radius 3 is 2.15 bits per heavy atom. The van der Waals surface area contributed by atoms with E-state index in [9.17, 15) is 4.79 Å². The average molecular weight is 355 g/mol. The molecule has 2 N–H and O–H groups in total. The molecule has 0 aliphatic carbocycles. The van der Waals surface area contributed by atoms with E-state index in [1.165, 1.54) is 11.1 Å². The number of aromatic nitrogens is 2. The average Bonchev–Trinajstić information content (AvgIpc) is 3.05. The lowest BCUT2D eigenvalue weighted by Crippen LogP contribution is -2.11. The molecule has 0 bridgehead atoms. The third-order valence-electron chi connectivity index (χ3n) is 4.79. The second-order valence-corrected chi connectivity index (χ2v) is 6.62. The third kappa shape index (κ3) is 3.60. The van der Waals surface area contributed by atoms with Crippen molar-refractivity contribution in [2.45, 2.75) is 19.4 Å². The molecular formula is C23H21N3O. The molecule has 0 unspecified atom stereocenters. The van der Waals surface area contributed by atoms with Crippen molar-refractivity contribution < 1.29 is 4.79 Å². The largest absolute Gasteiger partial charge is 0.366 e. The zero-order valence-corrected chi connectivity index (χ0v) is 15.0. The molecule has 4 rings (SSSR count). The first kappa shape index (κ1) is 17.0. The van der Waals surface area contributed by atoms with Gasteiger partial charge in [0.1, 0.15) is 11.3 Å². The van der Waals surface area contributed by atoms with Crippen LogP contribution in [0.5, 0.6) is 0 Å². The van der Waals surface area contributed by atoms with Crippen LogP contribution in [0.25, 0.3) is 11.0 Å². The standard InChI is InChI=1S/C23H21N3O/c24-23(27)19-12-7-13-20-22(19)25-21(15-14-17-8-3-1-4-9-17)26(20)16-18-10-5-2-6-11-18/h1-13H,14-16H2,(H2,24,27). The van der Waals surface area contributed by atoms with Gasteiger partial charge in [0.2, 0.25) is 0 Å². The zero-order valence-electron chi connectivity index (χ0n) is 15.0. The van der Waals surface area contributed by atoms with Crippen LogP contribution >= 0.6 is 0 Å². The predicted octanol–water partition coefficient (Wildman–Crippen LogP) is 3.97. The third-order valence-corrected chi connectivity index (χ3v) is 4.79. The number of hydrogen-bond acceptors (Lipinski definition) is 2. The minimum Gasteiger partial charge on any atom is -0.366 e. The van der Waals surface area contributed by atoms with E-state index in [1.54, 1.807) is 6.07 Å². The second-order valence-electron chi connectivity index (χ2n) is 6.62. The maximum atomic E-state index is 11.8. The molecule has 1 heterocycles. The van der Waals surface area contributed by atoms with Crippen LogP contribution in [0.1, 0.15) is 27.3 Å². The number of fused-ring (bicyclic) bond motifs is 1. The number of hydrogen-bond donors (Lipinski definition) is 1. The summed E-state index contributed by atoms with van der Waals surface area (Å²) in [6.07, 6.45) is 1.69. The zero-order chi connectivity index (χ0) is 18.6. The van der Waals surface area contributed by atoms with E-state index in [-0.39, 0.29) is 0 Å². The molecule has 0 aliphatic rings. The SMILES string of the molecule is NC(=O)c1cccc2c1nc(CCc1ccccc1)n2Cc1ccccc1. The number of carbonyl (C=O) groups excluding carboxylic acids is 1. The van der Waals surface area contributed by atoms with Crippen LogP contribution in [-0.2, 0) is 19.4 Å². The van der Waals surface area contributed by atoms with Crippen LogP contribution in [0.2, 0.25) is 0 Å². The van der Waals surface area contributed by atoms with Gasteiger partial charge in [0.15, 0.2) is 0 Å². The van der Waals surface area contributed by atoms with E-state index in [0.29, 0.717) is 17.6 Å². The highest BCUT2D eigenvalue weighted by Gasteiger charge is 2.16. The van der Waals surface area contributed by atoms with Gasteiger partial charge in [0.25, 0.3) is 5.91 Å². The normalized spacial score (nSPS) is 11.0. The molecule has 4 aromatic rings. The van der Waals surface area contributed by atoms with Gasteiger partial charge in [-0.05, 0) is 29.7 Å². The van der Waals surface area contributed by atoms with Crippen molar-refractivity contribution >= 4 is 16.9 Å². The molecule has 3 aromatic carbocycles. The number of para-hydroxylation sites is 1. The van der Waals surface area contributed by atoms with Gasteiger partial charge < -0.3 is 10.3 Å². The summed E-state index contributed by atoms with van der Waals surface area (Å²) >= 11 is 0. The summed E-state index contributed by atoms with van der Waals surface area (Å²) in [7, 11) is 0. The fraction of sp³-hybridized carbons (Fsp3) is 0.130. The summed E-state index contributed by atoms with van der Waals surface area (Å²) < 4.78 is 2.19. The summed E-state index contributed by atoms with van der Waals surface area (Å²) in [6, 6.07) is 26.3. The Morgan fingerprint density at radius 1 is 0.815 bits per heavy atom. The minimum absolute atomic E-state index is 0.445. The predicted molar refractivity (Wildman–Crippen MR) is 108 cm³/mol. The Bertz CT molecular complexity index is 1070. The van der Waals surface area contributed by atoms with Gasteiger partial charge in [-0.1, -0.05) is 66.7 Å². The van der Waals surface area contributed by atoms with Crippen molar-refractivity contribution in [2.75, 3.05) is 0 Å². The van der Waals surface area contributed by atoms with Crippen LogP contribution in [0, 0.1) is 0 Å². The monoisotopic (exact) mass is 355 g/mol. The first-order valence-corrected chi connectivity index (χ1v) is 9.08. The molecule has 0 fully saturated rings. The first-order chi connectivity index (χ1) is 13.2. The molecule has 0 radical (unpaired) electrons. The molecule has 0 spiro atoms. The number of nitrogens with zero attached hydrogens (tertiary/aromatic N) is 2. The van der Waals surface area contributed by atoms with Crippen molar-refractivity contribution in [2.24, 2.45) is 5.73 Å². The minimum atomic E-state index is -0.445. The number of carbonyl (C=O) groups is 1. The van der Waals surface area contributed by atoms with E-state index in [4.69, 9.17) is 10.7 Å². The van der Waals surface area contributed by atoms with Gasteiger partial charge >= 0.3 is 0 Å². The molecule has 0 atom stereocenters. The molecule has 0 saturated heterocycles. The Kier molecular flexibility index (Phi) is 4.71. The highest BCUT2D eigenvalue weighted by molar-refractivity contribution is 6.04. The fourth-order valence-corrected chi connectivity index (χ4v) is 3.43. The van der Waals surface area contributed by atoms with E-state index in [1.807, 2.05) is 48.5 Å². The Balaban J connectivity index is 1.76. The van der Waals surface area contributed by atoms with Crippen molar-refractivity contribution in [1.29, 1.82) is 0 Å². The number of nitrogens with two attached hydrogens (primary N) is 1. The number of rotatable bonds is 6. The summed E-state index contributed by atoms with van der Waals surface area (Å²) in [6.45, 7) is 0.712. The van der Waals surface area contributed by atoms with Gasteiger partial charge in [-0.25, -0.2) is 4.98 Å². The first-order valence-electron chi connectivity index (χ1n) is 9.08. The van der Waals surface area contributed by atoms with Gasteiger partial charge in [-0.15, -0.1) is 0 Å². The molecule has 27 heavy (non-hydrogen) atoms. The highest BCUT2D eigenvalue weighted by atomic mass is 16.1. The Labute approximate surface area is 158 Å². The lowest BCUT2D eigenvalue weighted by atomic mass is 10.1. The van der Waals surface area contributed by atoms with Crippen molar-refractivity contribution in [3.63, 3.8) is 0 Å². The molecule has 4 heteroatoms. The topological polar surface area (TPSA) is 60.9 Å². The van der Waals surface area contributed by atoms with E-state index >= 15 is 0 Å². The van der Waals surface area contributed by atoms with Crippen LogP contribution in [-0.4, -0.2) is 15.5 Å². The number of primary amides is 1.